The molecule has 0 saturated carbocycles. The Morgan fingerprint density at radius 1 is 1.19 bits per heavy atom. The van der Waals surface area contributed by atoms with Gasteiger partial charge >= 0.3 is 0 Å². The predicted molar refractivity (Wildman–Crippen MR) is 121 cm³/mol. The van der Waals surface area contributed by atoms with E-state index in [9.17, 15) is 9.18 Å². The fraction of sp³-hybridized carbons (Fsp3) is 0.391. The summed E-state index contributed by atoms with van der Waals surface area (Å²) in [4.78, 5) is 21.8. The van der Waals surface area contributed by atoms with Crippen molar-refractivity contribution in [3.63, 3.8) is 0 Å². The first-order chi connectivity index (χ1) is 15.0. The summed E-state index contributed by atoms with van der Waals surface area (Å²) >= 11 is 1.51. The number of aromatic nitrogens is 1. The number of nitrogens with zero attached hydrogens (tertiary/aromatic N) is 3. The summed E-state index contributed by atoms with van der Waals surface area (Å²) in [6.45, 7) is 8.38. The zero-order chi connectivity index (χ0) is 21.8. The topological polar surface area (TPSA) is 54.9 Å². The van der Waals surface area contributed by atoms with E-state index in [-0.39, 0.29) is 18.3 Å². The second kappa shape index (κ2) is 9.72. The van der Waals surface area contributed by atoms with Crippen LogP contribution in [-0.2, 0) is 9.53 Å². The van der Waals surface area contributed by atoms with Gasteiger partial charge < -0.3 is 9.47 Å². The average Bonchev–Trinajstić information content (AvgIpc) is 3.16. The number of benzene rings is 2. The molecule has 3 aromatic rings. The van der Waals surface area contributed by atoms with E-state index in [2.05, 4.69) is 30.9 Å². The number of carbonyl (C=O) groups excluding carboxylic acids is 1. The molecule has 0 radical (unpaired) electrons. The first-order valence-electron chi connectivity index (χ1n) is 10.4. The van der Waals surface area contributed by atoms with Gasteiger partial charge in [-0.25, -0.2) is 9.37 Å². The van der Waals surface area contributed by atoms with Crippen LogP contribution in [0.2, 0.25) is 0 Å². The number of ether oxygens (including phenoxy) is 2. The van der Waals surface area contributed by atoms with Gasteiger partial charge in [-0.1, -0.05) is 11.3 Å². The van der Waals surface area contributed by atoms with Gasteiger partial charge in [-0.2, -0.15) is 0 Å². The second-order valence-corrected chi connectivity index (χ2v) is 8.65. The van der Waals surface area contributed by atoms with Crippen LogP contribution in [0, 0.1) is 19.7 Å². The molecular weight excluding hydrogens is 417 g/mol. The zero-order valence-corrected chi connectivity index (χ0v) is 18.6. The molecular formula is C23H26FN3O3S. The number of morpholine rings is 1. The maximum Gasteiger partial charge on any atom is 0.266 e. The number of hydrogen-bond donors (Lipinski definition) is 0. The third-order valence-electron chi connectivity index (χ3n) is 5.44. The maximum atomic E-state index is 13.1. The van der Waals surface area contributed by atoms with Crippen LogP contribution in [0.1, 0.15) is 11.1 Å². The van der Waals surface area contributed by atoms with Crippen LogP contribution in [-0.4, -0.2) is 61.8 Å². The Bertz CT molecular complexity index is 1010. The van der Waals surface area contributed by atoms with Crippen LogP contribution in [0.4, 0.5) is 9.52 Å². The van der Waals surface area contributed by atoms with Gasteiger partial charge in [-0.15, -0.1) is 0 Å². The Kier molecular flexibility index (Phi) is 6.80. The Balaban J connectivity index is 1.52. The van der Waals surface area contributed by atoms with E-state index >= 15 is 0 Å². The highest BCUT2D eigenvalue weighted by Gasteiger charge is 2.22. The van der Waals surface area contributed by atoms with Crippen molar-refractivity contribution in [2.24, 2.45) is 0 Å². The smallest absolute Gasteiger partial charge is 0.266 e. The van der Waals surface area contributed by atoms with E-state index in [1.807, 2.05) is 0 Å². The summed E-state index contributed by atoms with van der Waals surface area (Å²) in [5, 5.41) is 0.668. The Morgan fingerprint density at radius 3 is 2.65 bits per heavy atom. The van der Waals surface area contributed by atoms with Gasteiger partial charge in [-0.3, -0.25) is 14.6 Å². The second-order valence-electron chi connectivity index (χ2n) is 7.64. The minimum Gasteiger partial charge on any atom is -0.484 e. The molecule has 0 atom stereocenters. The molecule has 0 bridgehead atoms. The van der Waals surface area contributed by atoms with Crippen LogP contribution >= 0.6 is 11.3 Å². The molecule has 2 heterocycles. The van der Waals surface area contributed by atoms with Crippen molar-refractivity contribution < 1.29 is 18.7 Å². The van der Waals surface area contributed by atoms with Crippen molar-refractivity contribution >= 4 is 32.6 Å². The molecule has 0 unspecified atom stereocenters. The average molecular weight is 444 g/mol. The van der Waals surface area contributed by atoms with E-state index in [0.717, 1.165) is 29.9 Å². The molecule has 1 aromatic heterocycles. The Labute approximate surface area is 185 Å². The van der Waals surface area contributed by atoms with Gasteiger partial charge in [0.15, 0.2) is 11.7 Å². The molecule has 164 valence electrons. The van der Waals surface area contributed by atoms with Crippen molar-refractivity contribution in [3.8, 4) is 5.75 Å². The summed E-state index contributed by atoms with van der Waals surface area (Å²) in [7, 11) is 0. The molecule has 1 aliphatic heterocycles. The number of hydrogen-bond acceptors (Lipinski definition) is 6. The first-order valence-corrected chi connectivity index (χ1v) is 11.2. The van der Waals surface area contributed by atoms with Gasteiger partial charge in [0, 0.05) is 26.2 Å². The SMILES string of the molecule is Cc1cc2nc(N(CCN3CCOCC3)C(=O)COc3ccc(F)cc3)sc2cc1C. The van der Waals surface area contributed by atoms with E-state index in [4.69, 9.17) is 14.5 Å². The molecule has 31 heavy (non-hydrogen) atoms. The fourth-order valence-electron chi connectivity index (χ4n) is 3.43. The highest BCUT2D eigenvalue weighted by Crippen LogP contribution is 2.31. The summed E-state index contributed by atoms with van der Waals surface area (Å²) < 4.78 is 25.2. The maximum absolute atomic E-state index is 13.1. The third-order valence-corrected chi connectivity index (χ3v) is 6.49. The fourth-order valence-corrected chi connectivity index (χ4v) is 4.52. The van der Waals surface area contributed by atoms with Gasteiger partial charge in [0.2, 0.25) is 0 Å². The van der Waals surface area contributed by atoms with Gasteiger partial charge in [0.05, 0.1) is 23.4 Å². The molecule has 0 N–H and O–H groups in total. The minimum atomic E-state index is -0.342. The standard InChI is InChI=1S/C23H26FN3O3S/c1-16-13-20-21(14-17(16)2)31-23(25-20)27(8-7-26-9-11-29-12-10-26)22(28)15-30-19-5-3-18(24)4-6-19/h3-6,13-14H,7-12,15H2,1-2H3. The number of halogens is 1. The van der Waals surface area contributed by atoms with Crippen molar-refractivity contribution in [3.05, 3.63) is 53.3 Å². The normalized spacial score (nSPS) is 14.7. The lowest BCUT2D eigenvalue weighted by atomic mass is 10.1. The number of thiazole rings is 1. The molecule has 1 saturated heterocycles. The quantitative estimate of drug-likeness (QED) is 0.556. The van der Waals surface area contributed by atoms with Crippen LogP contribution in [0.15, 0.2) is 36.4 Å². The summed E-state index contributed by atoms with van der Waals surface area (Å²) in [5.74, 6) is -0.0608. The first kappa shape index (κ1) is 21.7. The molecule has 1 aliphatic rings. The minimum absolute atomic E-state index is 0.136. The van der Waals surface area contributed by atoms with E-state index < -0.39 is 0 Å². The van der Waals surface area contributed by atoms with E-state index in [1.54, 1.807) is 4.90 Å². The Morgan fingerprint density at radius 2 is 1.90 bits per heavy atom. The van der Waals surface area contributed by atoms with E-state index in [0.29, 0.717) is 30.6 Å². The summed E-state index contributed by atoms with van der Waals surface area (Å²) in [6, 6.07) is 9.84. The summed E-state index contributed by atoms with van der Waals surface area (Å²) in [5.41, 5.74) is 3.27. The van der Waals surface area contributed by atoms with E-state index in [1.165, 1.54) is 46.7 Å². The highest BCUT2D eigenvalue weighted by atomic mass is 32.1. The lowest BCUT2D eigenvalue weighted by molar-refractivity contribution is -0.120. The van der Waals surface area contributed by atoms with Crippen molar-refractivity contribution in [2.75, 3.05) is 50.9 Å². The highest BCUT2D eigenvalue weighted by molar-refractivity contribution is 7.22. The van der Waals surface area contributed by atoms with Crippen LogP contribution in [0.3, 0.4) is 0 Å². The van der Waals surface area contributed by atoms with Gasteiger partial charge in [0.25, 0.3) is 5.91 Å². The van der Waals surface area contributed by atoms with Crippen LogP contribution in [0.25, 0.3) is 10.2 Å². The number of carbonyl (C=O) groups is 1. The molecule has 8 heteroatoms. The van der Waals surface area contributed by atoms with Crippen molar-refractivity contribution in [2.45, 2.75) is 13.8 Å². The lowest BCUT2D eigenvalue weighted by Gasteiger charge is -2.29. The molecule has 1 fully saturated rings. The third kappa shape index (κ3) is 5.39. The molecule has 2 aromatic carbocycles. The number of aryl methyl sites for hydroxylation is 2. The number of rotatable bonds is 7. The van der Waals surface area contributed by atoms with Crippen molar-refractivity contribution in [1.29, 1.82) is 0 Å². The molecule has 1 amide bonds. The van der Waals surface area contributed by atoms with Gasteiger partial charge in [-0.05, 0) is 61.4 Å². The molecule has 0 spiro atoms. The van der Waals surface area contributed by atoms with Crippen LogP contribution < -0.4 is 9.64 Å². The van der Waals surface area contributed by atoms with Crippen LogP contribution in [0.5, 0.6) is 5.75 Å². The Hall–Kier alpha value is -2.55. The molecule has 4 rings (SSSR count). The molecule has 6 nitrogen and oxygen atoms in total. The number of fused-ring (bicyclic) bond motifs is 1. The van der Waals surface area contributed by atoms with Gasteiger partial charge in [0.1, 0.15) is 11.6 Å². The molecule has 0 aliphatic carbocycles. The largest absolute Gasteiger partial charge is 0.484 e. The predicted octanol–water partition coefficient (Wildman–Crippen LogP) is 3.80. The monoisotopic (exact) mass is 443 g/mol. The zero-order valence-electron chi connectivity index (χ0n) is 17.8. The number of amides is 1. The lowest BCUT2D eigenvalue weighted by Crippen LogP contribution is -2.44. The summed E-state index contributed by atoms with van der Waals surface area (Å²) in [6.07, 6.45) is 0. The van der Waals surface area contributed by atoms with Crippen molar-refractivity contribution in [1.82, 2.24) is 9.88 Å². The number of anilines is 1.